The lowest BCUT2D eigenvalue weighted by atomic mass is 9.90. The van der Waals surface area contributed by atoms with Gasteiger partial charge in [0.1, 0.15) is 5.65 Å². The van der Waals surface area contributed by atoms with E-state index in [1.807, 2.05) is 54.4 Å². The zero-order valence-corrected chi connectivity index (χ0v) is 14.2. The van der Waals surface area contributed by atoms with Crippen molar-refractivity contribution < 1.29 is 4.79 Å². The number of fused-ring (bicyclic) bond motifs is 1. The molecular formula is C18H22N6O. The standard InChI is InChI=1S/C18H22N6O/c1-23-11-13(8-21-23)15-9-19-10-16(15)18(25)20-6-5-14-12-24-7-3-2-4-17(24)22-14/h2-4,7-8,11-12,15-16,19H,5-6,9-10H2,1H3,(H,20,25)/t15-,16+/m1/s1. The first-order valence-electron chi connectivity index (χ1n) is 8.60. The van der Waals surface area contributed by atoms with Gasteiger partial charge in [-0.05, 0) is 17.7 Å². The molecule has 7 heteroatoms. The Morgan fingerprint density at radius 3 is 3.08 bits per heavy atom. The van der Waals surface area contributed by atoms with Crippen molar-refractivity contribution in [2.24, 2.45) is 13.0 Å². The Kier molecular flexibility index (Phi) is 4.23. The van der Waals surface area contributed by atoms with Crippen LogP contribution in [-0.4, -0.2) is 44.7 Å². The highest BCUT2D eigenvalue weighted by Gasteiger charge is 2.34. The second kappa shape index (κ2) is 6.68. The van der Waals surface area contributed by atoms with Crippen molar-refractivity contribution in [3.8, 4) is 0 Å². The molecule has 1 amide bonds. The summed E-state index contributed by atoms with van der Waals surface area (Å²) in [6.45, 7) is 2.12. The summed E-state index contributed by atoms with van der Waals surface area (Å²) in [5.74, 6) is 0.233. The minimum absolute atomic E-state index is 0.0507. The first-order valence-corrected chi connectivity index (χ1v) is 8.60. The van der Waals surface area contributed by atoms with Crippen LogP contribution in [0.3, 0.4) is 0 Å². The Hall–Kier alpha value is -2.67. The van der Waals surface area contributed by atoms with Crippen LogP contribution in [-0.2, 0) is 18.3 Å². The molecule has 0 aliphatic carbocycles. The van der Waals surface area contributed by atoms with Crippen molar-refractivity contribution in [2.45, 2.75) is 12.3 Å². The van der Waals surface area contributed by atoms with Crippen molar-refractivity contribution in [1.29, 1.82) is 0 Å². The average molecular weight is 338 g/mol. The molecule has 7 nitrogen and oxygen atoms in total. The molecule has 1 aliphatic heterocycles. The third-order valence-corrected chi connectivity index (χ3v) is 4.80. The van der Waals surface area contributed by atoms with E-state index in [4.69, 9.17) is 0 Å². The van der Waals surface area contributed by atoms with Gasteiger partial charge in [-0.25, -0.2) is 4.98 Å². The van der Waals surface area contributed by atoms with Crippen LogP contribution in [0.4, 0.5) is 0 Å². The number of hydrogen-bond donors (Lipinski definition) is 2. The molecule has 2 N–H and O–H groups in total. The van der Waals surface area contributed by atoms with Gasteiger partial charge in [0.15, 0.2) is 0 Å². The normalized spacial score (nSPS) is 20.2. The Balaban J connectivity index is 1.35. The maximum absolute atomic E-state index is 12.6. The minimum Gasteiger partial charge on any atom is -0.355 e. The van der Waals surface area contributed by atoms with Gasteiger partial charge in [0, 0.05) is 57.6 Å². The molecule has 1 aliphatic rings. The first-order chi connectivity index (χ1) is 12.2. The number of aryl methyl sites for hydroxylation is 1. The summed E-state index contributed by atoms with van der Waals surface area (Å²) in [5.41, 5.74) is 3.04. The quantitative estimate of drug-likeness (QED) is 0.719. The second-order valence-corrected chi connectivity index (χ2v) is 6.56. The fraction of sp³-hybridized carbons (Fsp3) is 0.389. The zero-order chi connectivity index (χ0) is 17.2. The molecule has 4 heterocycles. The van der Waals surface area contributed by atoms with Gasteiger partial charge in [-0.1, -0.05) is 6.07 Å². The topological polar surface area (TPSA) is 76.2 Å². The molecule has 25 heavy (non-hydrogen) atoms. The molecule has 0 radical (unpaired) electrons. The van der Waals surface area contributed by atoms with Gasteiger partial charge in [-0.3, -0.25) is 9.48 Å². The van der Waals surface area contributed by atoms with Crippen LogP contribution in [0.1, 0.15) is 17.2 Å². The number of imidazole rings is 1. The van der Waals surface area contributed by atoms with Crippen LogP contribution >= 0.6 is 0 Å². The molecule has 1 saturated heterocycles. The van der Waals surface area contributed by atoms with E-state index in [1.165, 1.54) is 0 Å². The third kappa shape index (κ3) is 3.28. The highest BCUT2D eigenvalue weighted by Crippen LogP contribution is 2.27. The van der Waals surface area contributed by atoms with Crippen molar-refractivity contribution in [3.63, 3.8) is 0 Å². The molecule has 0 saturated carbocycles. The van der Waals surface area contributed by atoms with Crippen molar-refractivity contribution >= 4 is 11.6 Å². The molecule has 4 rings (SSSR count). The van der Waals surface area contributed by atoms with Gasteiger partial charge < -0.3 is 15.0 Å². The molecule has 2 atom stereocenters. The van der Waals surface area contributed by atoms with Crippen LogP contribution in [0.2, 0.25) is 0 Å². The van der Waals surface area contributed by atoms with E-state index in [9.17, 15) is 4.79 Å². The van der Waals surface area contributed by atoms with Gasteiger partial charge in [0.2, 0.25) is 5.91 Å². The molecule has 0 aromatic carbocycles. The van der Waals surface area contributed by atoms with Gasteiger partial charge in [-0.2, -0.15) is 5.10 Å². The van der Waals surface area contributed by atoms with E-state index in [-0.39, 0.29) is 17.7 Å². The molecular weight excluding hydrogens is 316 g/mol. The predicted octanol–water partition coefficient (Wildman–Crippen LogP) is 0.730. The van der Waals surface area contributed by atoms with Crippen LogP contribution in [0.25, 0.3) is 5.65 Å². The highest BCUT2D eigenvalue weighted by atomic mass is 16.1. The first kappa shape index (κ1) is 15.8. The van der Waals surface area contributed by atoms with Crippen LogP contribution in [0.5, 0.6) is 0 Å². The molecule has 1 fully saturated rings. The smallest absolute Gasteiger partial charge is 0.225 e. The lowest BCUT2D eigenvalue weighted by Gasteiger charge is -2.16. The fourth-order valence-electron chi connectivity index (χ4n) is 3.49. The van der Waals surface area contributed by atoms with Gasteiger partial charge in [-0.15, -0.1) is 0 Å². The van der Waals surface area contributed by atoms with E-state index < -0.39 is 0 Å². The second-order valence-electron chi connectivity index (χ2n) is 6.56. The summed E-state index contributed by atoms with van der Waals surface area (Å²) in [6, 6.07) is 5.93. The minimum atomic E-state index is -0.0507. The predicted molar refractivity (Wildman–Crippen MR) is 94.2 cm³/mol. The lowest BCUT2D eigenvalue weighted by Crippen LogP contribution is -2.35. The number of nitrogens with zero attached hydrogens (tertiary/aromatic N) is 4. The summed E-state index contributed by atoms with van der Waals surface area (Å²) in [4.78, 5) is 17.2. The molecule has 0 bridgehead atoms. The average Bonchev–Trinajstić information content (AvgIpc) is 3.32. The van der Waals surface area contributed by atoms with E-state index in [1.54, 1.807) is 4.68 Å². The summed E-state index contributed by atoms with van der Waals surface area (Å²) in [5, 5.41) is 10.6. The van der Waals surface area contributed by atoms with Gasteiger partial charge in [0.05, 0.1) is 17.8 Å². The van der Waals surface area contributed by atoms with Gasteiger partial charge >= 0.3 is 0 Å². The highest BCUT2D eigenvalue weighted by molar-refractivity contribution is 5.80. The number of nitrogens with one attached hydrogen (secondary N) is 2. The SMILES string of the molecule is Cn1cc([C@H]2CNC[C@@H]2C(=O)NCCc2cn3ccccc3n2)cn1. The number of hydrogen-bond acceptors (Lipinski definition) is 4. The Morgan fingerprint density at radius 2 is 2.28 bits per heavy atom. The zero-order valence-electron chi connectivity index (χ0n) is 14.2. The summed E-state index contributed by atoms with van der Waals surface area (Å²) >= 11 is 0. The van der Waals surface area contributed by atoms with Crippen molar-refractivity contribution in [1.82, 2.24) is 29.8 Å². The number of amides is 1. The largest absolute Gasteiger partial charge is 0.355 e. The fourth-order valence-corrected chi connectivity index (χ4v) is 3.49. The third-order valence-electron chi connectivity index (χ3n) is 4.80. The summed E-state index contributed by atoms with van der Waals surface area (Å²) in [7, 11) is 1.90. The maximum atomic E-state index is 12.6. The van der Waals surface area contributed by atoms with E-state index in [0.29, 0.717) is 13.1 Å². The molecule has 130 valence electrons. The summed E-state index contributed by atoms with van der Waals surface area (Å²) in [6.07, 6.45) is 8.57. The van der Waals surface area contributed by atoms with E-state index in [2.05, 4.69) is 20.7 Å². The number of carbonyl (C=O) groups excluding carboxylic acids is 1. The van der Waals surface area contributed by atoms with Crippen LogP contribution in [0, 0.1) is 5.92 Å². The summed E-state index contributed by atoms with van der Waals surface area (Å²) < 4.78 is 3.78. The Labute approximate surface area is 146 Å². The monoisotopic (exact) mass is 338 g/mol. The molecule has 3 aromatic heterocycles. The number of pyridine rings is 1. The lowest BCUT2D eigenvalue weighted by molar-refractivity contribution is -0.124. The number of aromatic nitrogens is 4. The molecule has 0 unspecified atom stereocenters. The number of carbonyl (C=O) groups is 1. The van der Waals surface area contributed by atoms with Gasteiger partial charge in [0.25, 0.3) is 0 Å². The molecule has 0 spiro atoms. The van der Waals surface area contributed by atoms with E-state index in [0.717, 1.165) is 29.9 Å². The maximum Gasteiger partial charge on any atom is 0.225 e. The van der Waals surface area contributed by atoms with Crippen LogP contribution in [0.15, 0.2) is 43.0 Å². The van der Waals surface area contributed by atoms with Crippen molar-refractivity contribution in [2.75, 3.05) is 19.6 Å². The van der Waals surface area contributed by atoms with Crippen LogP contribution < -0.4 is 10.6 Å². The van der Waals surface area contributed by atoms with Crippen molar-refractivity contribution in [3.05, 3.63) is 54.2 Å². The number of rotatable bonds is 5. The van der Waals surface area contributed by atoms with E-state index >= 15 is 0 Å². The molecule has 3 aromatic rings. The Bertz CT molecular complexity index is 849. The Morgan fingerprint density at radius 1 is 1.36 bits per heavy atom.